The van der Waals surface area contributed by atoms with Gasteiger partial charge in [0.15, 0.2) is 0 Å². The highest BCUT2D eigenvalue weighted by molar-refractivity contribution is 7.47. The van der Waals surface area contributed by atoms with Crippen molar-refractivity contribution in [3.63, 3.8) is 0 Å². The van der Waals surface area contributed by atoms with Crippen molar-refractivity contribution in [2.24, 2.45) is 0 Å². The number of hydrogen-bond acceptors (Lipinski definition) is 9. The molecule has 0 heterocycles. The van der Waals surface area contributed by atoms with Crippen LogP contribution in [-0.2, 0) is 27.8 Å². The van der Waals surface area contributed by atoms with Crippen molar-refractivity contribution in [1.29, 1.82) is 0 Å². The monoisotopic (exact) mass is 322 g/mol. The molecule has 0 aliphatic carbocycles. The third-order valence-corrected chi connectivity index (χ3v) is 2.78. The van der Waals surface area contributed by atoms with Gasteiger partial charge in [0.1, 0.15) is 0 Å². The number of hydrogen-bond donors (Lipinski definition) is 3. The lowest BCUT2D eigenvalue weighted by atomic mass is 9.99. The number of phosphoric acid groups is 2. The third-order valence-electron chi connectivity index (χ3n) is 1.64. The van der Waals surface area contributed by atoms with Crippen LogP contribution in [0.1, 0.15) is 19.8 Å². The summed E-state index contributed by atoms with van der Waals surface area (Å²) in [5.74, 6) is -1.30. The zero-order valence-corrected chi connectivity index (χ0v) is 11.4. The Hall–Kier alpha value is -0.350. The van der Waals surface area contributed by atoms with Gasteiger partial charge < -0.3 is 29.4 Å². The predicted molar refractivity (Wildman–Crippen MR) is 53.0 cm³/mol. The average molecular weight is 322 g/mol. The van der Waals surface area contributed by atoms with Crippen LogP contribution in [0.4, 0.5) is 0 Å². The van der Waals surface area contributed by atoms with Gasteiger partial charge in [0, 0.05) is 6.42 Å². The molecule has 0 radical (unpaired) electrons. The van der Waals surface area contributed by atoms with E-state index in [0.717, 1.165) is 6.92 Å². The van der Waals surface area contributed by atoms with Crippen LogP contribution >= 0.6 is 15.6 Å². The maximum atomic E-state index is 10.9. The van der Waals surface area contributed by atoms with E-state index in [-0.39, 0.29) is 6.42 Å². The molecule has 0 aliphatic heterocycles. The van der Waals surface area contributed by atoms with Gasteiger partial charge in [0.25, 0.3) is 15.6 Å². The van der Waals surface area contributed by atoms with Crippen molar-refractivity contribution in [1.82, 2.24) is 0 Å². The summed E-state index contributed by atoms with van der Waals surface area (Å²) >= 11 is 0. The van der Waals surface area contributed by atoms with Crippen LogP contribution in [0.5, 0.6) is 0 Å². The molecule has 0 aromatic heterocycles. The Bertz CT molecular complexity index is 398. The second-order valence-corrected chi connectivity index (χ2v) is 6.10. The standard InChI is InChI=1S/C6H14O11P2/c1-6(9,4-5(7)8)2-3-15-19(13,14)17-16-18(10,11)12/h9H,2-4H2,1H3,(H,7,8)(H,13,14)(H2,10,11,12)/p-2/t6-/m1/s1. The fourth-order valence-electron chi connectivity index (χ4n) is 0.896. The van der Waals surface area contributed by atoms with Gasteiger partial charge in [-0.2, -0.15) is 9.35 Å². The SMILES string of the molecule is C[C@@](O)(CCOP(=O)([O-])OOP(=O)([O-])O)CC(=O)O. The Morgan fingerprint density at radius 1 is 1.32 bits per heavy atom. The molecule has 0 aromatic rings. The maximum Gasteiger partial charge on any atom is 0.306 e. The molecule has 0 aliphatic rings. The van der Waals surface area contributed by atoms with Crippen LogP contribution in [0, 0.1) is 0 Å². The minimum Gasteiger partial charge on any atom is -0.755 e. The van der Waals surface area contributed by atoms with Crippen molar-refractivity contribution in [3.8, 4) is 0 Å². The first kappa shape index (κ1) is 18.7. The summed E-state index contributed by atoms with van der Waals surface area (Å²) in [6, 6.07) is 0. The van der Waals surface area contributed by atoms with E-state index < -0.39 is 40.2 Å². The van der Waals surface area contributed by atoms with Crippen LogP contribution in [-0.4, -0.2) is 33.3 Å². The smallest absolute Gasteiger partial charge is 0.306 e. The minimum atomic E-state index is -5.40. The molecule has 0 saturated carbocycles. The summed E-state index contributed by atoms with van der Waals surface area (Å²) < 4.78 is 31.5. The maximum absolute atomic E-state index is 10.9. The highest BCUT2D eigenvalue weighted by Crippen LogP contribution is 2.45. The fourth-order valence-corrected chi connectivity index (χ4v) is 1.92. The average Bonchev–Trinajstić information content (AvgIpc) is 2.10. The molecule has 114 valence electrons. The summed E-state index contributed by atoms with van der Waals surface area (Å²) in [6.45, 7) is 0.455. The van der Waals surface area contributed by atoms with Crippen LogP contribution < -0.4 is 9.79 Å². The molecule has 19 heavy (non-hydrogen) atoms. The quantitative estimate of drug-likeness (QED) is 0.254. The Morgan fingerprint density at radius 3 is 2.26 bits per heavy atom. The zero-order valence-electron chi connectivity index (χ0n) is 9.62. The van der Waals surface area contributed by atoms with Crippen molar-refractivity contribution >= 4 is 21.6 Å². The normalized spacial score (nSPS) is 21.1. The van der Waals surface area contributed by atoms with E-state index >= 15 is 0 Å². The van der Waals surface area contributed by atoms with E-state index in [4.69, 9.17) is 10.00 Å². The molecule has 2 unspecified atom stereocenters. The predicted octanol–water partition coefficient (Wildman–Crippen LogP) is -1.50. The first-order valence-corrected chi connectivity index (χ1v) is 7.60. The molecule has 0 bridgehead atoms. The van der Waals surface area contributed by atoms with E-state index in [9.17, 15) is 28.8 Å². The highest BCUT2D eigenvalue weighted by Gasteiger charge is 2.25. The second-order valence-electron chi connectivity index (χ2n) is 3.72. The van der Waals surface area contributed by atoms with Gasteiger partial charge in [-0.25, -0.2) is 0 Å². The molecule has 0 amide bonds. The second kappa shape index (κ2) is 6.89. The summed E-state index contributed by atoms with van der Waals surface area (Å²) in [4.78, 5) is 39.3. The zero-order chi connectivity index (χ0) is 15.3. The largest absolute Gasteiger partial charge is 0.755 e. The van der Waals surface area contributed by atoms with E-state index in [1.165, 1.54) is 0 Å². The Balaban J connectivity index is 4.15. The third kappa shape index (κ3) is 11.2. The number of carbonyl (C=O) groups is 1. The van der Waals surface area contributed by atoms with E-state index in [2.05, 4.69) is 13.9 Å². The van der Waals surface area contributed by atoms with Gasteiger partial charge in [-0.3, -0.25) is 13.9 Å². The molecule has 13 heteroatoms. The van der Waals surface area contributed by atoms with E-state index in [0.29, 0.717) is 0 Å². The lowest BCUT2D eigenvalue weighted by molar-refractivity contribution is -0.308. The number of aliphatic hydroxyl groups is 1. The van der Waals surface area contributed by atoms with Crippen LogP contribution in [0.2, 0.25) is 0 Å². The van der Waals surface area contributed by atoms with Gasteiger partial charge >= 0.3 is 5.97 Å². The van der Waals surface area contributed by atoms with Crippen LogP contribution in [0.3, 0.4) is 0 Å². The van der Waals surface area contributed by atoms with Gasteiger partial charge in [0.05, 0.1) is 18.6 Å². The van der Waals surface area contributed by atoms with E-state index in [1.54, 1.807) is 0 Å². The van der Waals surface area contributed by atoms with Gasteiger partial charge in [0.2, 0.25) is 0 Å². The fraction of sp³-hybridized carbons (Fsp3) is 0.833. The number of carboxylic acid groups (broad SMARTS) is 1. The Morgan fingerprint density at radius 2 is 1.84 bits per heavy atom. The van der Waals surface area contributed by atoms with Gasteiger partial charge in [-0.15, -0.1) is 0 Å². The summed E-state index contributed by atoms with van der Waals surface area (Å²) in [5, 5.41) is 17.9. The summed E-state index contributed by atoms with van der Waals surface area (Å²) in [6.07, 6.45) is -1.04. The molecule has 3 atom stereocenters. The molecule has 11 nitrogen and oxygen atoms in total. The lowest BCUT2D eigenvalue weighted by Gasteiger charge is -2.26. The summed E-state index contributed by atoms with van der Waals surface area (Å²) in [5.41, 5.74) is -1.72. The minimum absolute atomic E-state index is 0.386. The first-order chi connectivity index (χ1) is 8.33. The molecule has 0 aromatic carbocycles. The Kier molecular flexibility index (Phi) is 6.76. The first-order valence-electron chi connectivity index (χ1n) is 4.65. The molecule has 0 saturated heterocycles. The summed E-state index contributed by atoms with van der Waals surface area (Å²) in [7, 11) is -10.6. The van der Waals surface area contributed by atoms with Crippen LogP contribution in [0.15, 0.2) is 0 Å². The molecule has 0 rings (SSSR count). The molecule has 0 fully saturated rings. The van der Waals surface area contributed by atoms with Crippen LogP contribution in [0.25, 0.3) is 0 Å². The highest BCUT2D eigenvalue weighted by atomic mass is 31.2. The number of carboxylic acids is 1. The molecule has 3 N–H and O–H groups in total. The molecular formula is C6H12O11P2-2. The van der Waals surface area contributed by atoms with Crippen molar-refractivity contribution in [2.75, 3.05) is 6.61 Å². The van der Waals surface area contributed by atoms with Crippen molar-refractivity contribution in [3.05, 3.63) is 0 Å². The van der Waals surface area contributed by atoms with E-state index in [1.807, 2.05) is 0 Å². The van der Waals surface area contributed by atoms with Crippen molar-refractivity contribution in [2.45, 2.75) is 25.4 Å². The van der Waals surface area contributed by atoms with Crippen molar-refractivity contribution < 1.29 is 52.7 Å². The topological polar surface area (TPSA) is 186 Å². The Labute approximate surface area is 107 Å². The molecule has 0 spiro atoms. The van der Waals surface area contributed by atoms with Gasteiger partial charge in [-0.05, 0) is 6.92 Å². The lowest BCUT2D eigenvalue weighted by Crippen LogP contribution is -2.29. The number of aliphatic carboxylic acids is 1. The number of rotatable bonds is 9. The molecular weight excluding hydrogens is 310 g/mol. The number of phosphoric ester groups is 1. The van der Waals surface area contributed by atoms with Gasteiger partial charge in [-0.1, -0.05) is 0 Å².